The fraction of sp³-hybridized carbons (Fsp3) is 0.267. The number of carbonyl (C=O) groups excluding carboxylic acids is 1. The van der Waals surface area contributed by atoms with E-state index in [4.69, 9.17) is 0 Å². The van der Waals surface area contributed by atoms with Gasteiger partial charge in [0, 0.05) is 19.3 Å². The van der Waals surface area contributed by atoms with Gasteiger partial charge >= 0.3 is 5.69 Å². The lowest BCUT2D eigenvalue weighted by molar-refractivity contribution is -0.132. The van der Waals surface area contributed by atoms with Crippen molar-refractivity contribution in [3.63, 3.8) is 0 Å². The molecule has 0 unspecified atom stereocenters. The summed E-state index contributed by atoms with van der Waals surface area (Å²) < 4.78 is 1.18. The molecule has 0 radical (unpaired) electrons. The minimum atomic E-state index is -0.586. The molecule has 2 aromatic rings. The summed E-state index contributed by atoms with van der Waals surface area (Å²) in [6, 6.07) is 10.7. The molecule has 0 saturated carbocycles. The summed E-state index contributed by atoms with van der Waals surface area (Å²) >= 11 is 0. The van der Waals surface area contributed by atoms with Crippen LogP contribution in [-0.4, -0.2) is 27.4 Å². The summed E-state index contributed by atoms with van der Waals surface area (Å²) in [6.45, 7) is 1.81. The fourth-order valence-electron chi connectivity index (χ4n) is 2.00. The molecule has 1 aromatic carbocycles. The van der Waals surface area contributed by atoms with E-state index < -0.39 is 11.2 Å². The van der Waals surface area contributed by atoms with Gasteiger partial charge in [0.05, 0.1) is 6.04 Å². The van der Waals surface area contributed by atoms with E-state index in [1.165, 1.54) is 16.8 Å². The van der Waals surface area contributed by atoms with Crippen molar-refractivity contribution < 1.29 is 4.79 Å². The average molecular weight is 287 g/mol. The van der Waals surface area contributed by atoms with Crippen LogP contribution in [0.5, 0.6) is 0 Å². The number of H-pyrrole nitrogens is 1. The van der Waals surface area contributed by atoms with E-state index in [2.05, 4.69) is 4.98 Å². The third-order valence-corrected chi connectivity index (χ3v) is 3.46. The Morgan fingerprint density at radius 3 is 2.52 bits per heavy atom. The number of nitrogens with one attached hydrogen (secondary N) is 1. The van der Waals surface area contributed by atoms with Gasteiger partial charge in [0.1, 0.15) is 6.54 Å². The van der Waals surface area contributed by atoms with Gasteiger partial charge < -0.3 is 4.90 Å². The van der Waals surface area contributed by atoms with E-state index in [0.717, 1.165) is 5.56 Å². The molecule has 6 heteroatoms. The van der Waals surface area contributed by atoms with Gasteiger partial charge in [-0.2, -0.15) is 0 Å². The van der Waals surface area contributed by atoms with Gasteiger partial charge in [0.2, 0.25) is 5.91 Å². The molecule has 21 heavy (non-hydrogen) atoms. The maximum absolute atomic E-state index is 12.2. The molecule has 0 aliphatic carbocycles. The molecule has 6 nitrogen and oxygen atoms in total. The van der Waals surface area contributed by atoms with Crippen molar-refractivity contribution in [2.24, 2.45) is 0 Å². The number of rotatable bonds is 4. The molecular weight excluding hydrogens is 270 g/mol. The Kier molecular flexibility index (Phi) is 4.37. The number of hydrogen-bond donors (Lipinski definition) is 1. The molecule has 1 heterocycles. The molecule has 0 spiro atoms. The second kappa shape index (κ2) is 6.21. The molecule has 0 fully saturated rings. The topological polar surface area (TPSA) is 75.2 Å². The predicted octanol–water partition coefficient (Wildman–Crippen LogP) is 0.756. The van der Waals surface area contributed by atoms with E-state index >= 15 is 0 Å². The van der Waals surface area contributed by atoms with Crippen molar-refractivity contribution in [3.05, 3.63) is 69.0 Å². The number of benzene rings is 1. The molecule has 0 saturated heterocycles. The number of amides is 1. The lowest BCUT2D eigenvalue weighted by Gasteiger charge is -2.25. The Labute approximate surface area is 121 Å². The van der Waals surface area contributed by atoms with Gasteiger partial charge in [-0.05, 0) is 12.5 Å². The quantitative estimate of drug-likeness (QED) is 0.902. The van der Waals surface area contributed by atoms with Gasteiger partial charge in [-0.1, -0.05) is 30.3 Å². The summed E-state index contributed by atoms with van der Waals surface area (Å²) in [4.78, 5) is 38.5. The number of aromatic amines is 1. The average Bonchev–Trinajstić information content (AvgIpc) is 2.49. The lowest BCUT2D eigenvalue weighted by Crippen LogP contribution is -2.37. The minimum Gasteiger partial charge on any atom is -0.337 e. The number of nitrogens with zero attached hydrogens (tertiary/aromatic N) is 2. The first kappa shape index (κ1) is 14.8. The minimum absolute atomic E-state index is 0.0998. The first-order chi connectivity index (χ1) is 9.99. The lowest BCUT2D eigenvalue weighted by atomic mass is 10.1. The first-order valence-electron chi connectivity index (χ1n) is 6.59. The van der Waals surface area contributed by atoms with Crippen LogP contribution in [0.1, 0.15) is 18.5 Å². The second-order valence-electron chi connectivity index (χ2n) is 4.83. The Hall–Kier alpha value is -2.63. The van der Waals surface area contributed by atoms with E-state index in [-0.39, 0.29) is 18.5 Å². The van der Waals surface area contributed by atoms with Crippen LogP contribution < -0.4 is 11.2 Å². The molecular formula is C15H17N3O3. The number of carbonyl (C=O) groups is 1. The van der Waals surface area contributed by atoms with Gasteiger partial charge in [-0.25, -0.2) is 4.79 Å². The van der Waals surface area contributed by atoms with E-state index in [1.54, 1.807) is 11.9 Å². The molecule has 1 amide bonds. The van der Waals surface area contributed by atoms with Crippen LogP contribution in [0.2, 0.25) is 0 Å². The third-order valence-electron chi connectivity index (χ3n) is 3.46. The standard InChI is InChI=1S/C15H17N3O3/c1-11(12-6-4-3-5-7-12)17(2)14(20)10-18-9-8-13(19)16-15(18)21/h3-9,11H,10H2,1-2H3,(H,16,19,21)/t11-/m0/s1. The van der Waals surface area contributed by atoms with Crippen LogP contribution in [0.4, 0.5) is 0 Å². The van der Waals surface area contributed by atoms with E-state index in [1.807, 2.05) is 37.3 Å². The summed E-state index contributed by atoms with van der Waals surface area (Å²) in [5.41, 5.74) is -0.0477. The summed E-state index contributed by atoms with van der Waals surface area (Å²) in [7, 11) is 1.69. The maximum atomic E-state index is 12.2. The third kappa shape index (κ3) is 3.47. The molecule has 0 bridgehead atoms. The summed E-state index contributed by atoms with van der Waals surface area (Å²) in [5, 5.41) is 0. The monoisotopic (exact) mass is 287 g/mol. The SMILES string of the molecule is C[C@@H](c1ccccc1)N(C)C(=O)Cn1ccc(=O)[nH]c1=O. The Bertz CT molecular complexity index is 734. The van der Waals surface area contributed by atoms with Crippen molar-refractivity contribution in [2.45, 2.75) is 19.5 Å². The van der Waals surface area contributed by atoms with Crippen LogP contribution in [0.25, 0.3) is 0 Å². The van der Waals surface area contributed by atoms with Crippen LogP contribution in [0.3, 0.4) is 0 Å². The van der Waals surface area contributed by atoms with Crippen molar-refractivity contribution >= 4 is 5.91 Å². The molecule has 0 aliphatic heterocycles. The van der Waals surface area contributed by atoms with Gasteiger partial charge in [-0.15, -0.1) is 0 Å². The number of hydrogen-bond acceptors (Lipinski definition) is 3. The molecule has 2 rings (SSSR count). The maximum Gasteiger partial charge on any atom is 0.328 e. The highest BCUT2D eigenvalue weighted by atomic mass is 16.2. The molecule has 1 atom stereocenters. The van der Waals surface area contributed by atoms with E-state index in [0.29, 0.717) is 0 Å². The van der Waals surface area contributed by atoms with Gasteiger partial charge in [-0.3, -0.25) is 19.1 Å². The van der Waals surface area contributed by atoms with Crippen molar-refractivity contribution in [3.8, 4) is 0 Å². The zero-order valence-corrected chi connectivity index (χ0v) is 11.9. The highest BCUT2D eigenvalue weighted by Gasteiger charge is 2.17. The molecule has 0 aliphatic rings. The van der Waals surface area contributed by atoms with Crippen molar-refractivity contribution in [1.29, 1.82) is 0 Å². The number of likely N-dealkylation sites (N-methyl/N-ethyl adjacent to an activating group) is 1. The van der Waals surface area contributed by atoms with Crippen molar-refractivity contribution in [1.82, 2.24) is 14.5 Å². The molecule has 1 N–H and O–H groups in total. The fourth-order valence-corrected chi connectivity index (χ4v) is 2.00. The number of aromatic nitrogens is 2. The predicted molar refractivity (Wildman–Crippen MR) is 78.9 cm³/mol. The summed E-state index contributed by atoms with van der Waals surface area (Å²) in [6.07, 6.45) is 1.32. The summed E-state index contributed by atoms with van der Waals surface area (Å²) in [5.74, 6) is -0.208. The Morgan fingerprint density at radius 2 is 1.90 bits per heavy atom. The molecule has 110 valence electrons. The zero-order valence-electron chi connectivity index (χ0n) is 11.9. The van der Waals surface area contributed by atoms with Gasteiger partial charge in [0.15, 0.2) is 0 Å². The van der Waals surface area contributed by atoms with Crippen LogP contribution >= 0.6 is 0 Å². The van der Waals surface area contributed by atoms with Gasteiger partial charge in [0.25, 0.3) is 5.56 Å². The second-order valence-corrected chi connectivity index (χ2v) is 4.83. The zero-order chi connectivity index (χ0) is 15.4. The normalized spacial score (nSPS) is 11.9. The highest BCUT2D eigenvalue weighted by molar-refractivity contribution is 5.76. The largest absolute Gasteiger partial charge is 0.337 e. The van der Waals surface area contributed by atoms with Crippen LogP contribution in [0, 0.1) is 0 Å². The first-order valence-corrected chi connectivity index (χ1v) is 6.59. The smallest absolute Gasteiger partial charge is 0.328 e. The highest BCUT2D eigenvalue weighted by Crippen LogP contribution is 2.18. The van der Waals surface area contributed by atoms with E-state index in [9.17, 15) is 14.4 Å². The molecule has 1 aromatic heterocycles. The Morgan fingerprint density at radius 1 is 1.24 bits per heavy atom. The van der Waals surface area contributed by atoms with Crippen LogP contribution in [0.15, 0.2) is 52.2 Å². The van der Waals surface area contributed by atoms with Crippen LogP contribution in [-0.2, 0) is 11.3 Å². The van der Waals surface area contributed by atoms with Crippen molar-refractivity contribution in [2.75, 3.05) is 7.05 Å². The Balaban J connectivity index is 2.13.